The molecule has 1 aromatic carbocycles. The molecule has 4 aliphatic rings. The lowest BCUT2D eigenvalue weighted by Crippen LogP contribution is -2.50. The molecule has 0 nitrogen and oxygen atoms in total. The molecule has 1 unspecified atom stereocenters. The highest BCUT2D eigenvalue weighted by molar-refractivity contribution is 9.09. The van der Waals surface area contributed by atoms with Gasteiger partial charge in [0.1, 0.15) is 0 Å². The third-order valence-corrected chi connectivity index (χ3v) is 7.58. The fourth-order valence-corrected chi connectivity index (χ4v) is 6.80. The van der Waals surface area contributed by atoms with Gasteiger partial charge in [-0.1, -0.05) is 39.7 Å². The third kappa shape index (κ3) is 2.35. The minimum atomic E-state index is 0.580. The van der Waals surface area contributed by atoms with Gasteiger partial charge in [0.25, 0.3) is 0 Å². The highest BCUT2D eigenvalue weighted by Crippen LogP contribution is 2.62. The van der Waals surface area contributed by atoms with Crippen LogP contribution in [0.5, 0.6) is 0 Å². The van der Waals surface area contributed by atoms with E-state index < -0.39 is 0 Å². The second-order valence-corrected chi connectivity index (χ2v) is 9.12. The first kappa shape index (κ1) is 13.6. The summed E-state index contributed by atoms with van der Waals surface area (Å²) in [6.45, 7) is 0. The molecule has 1 atom stereocenters. The van der Waals surface area contributed by atoms with Crippen molar-refractivity contribution in [1.82, 2.24) is 0 Å². The standard InChI is InChI=1S/C18H22BrCl/c19-17(8-12-2-1-3-16(20)7-12)18-9-13-4-14(10-18)6-15(5-13)11-18/h1-3,7,13-15,17H,4-6,8-11H2. The summed E-state index contributed by atoms with van der Waals surface area (Å²) in [5.74, 6) is 3.09. The predicted octanol–water partition coefficient (Wildman–Crippen LogP) is 5.86. The van der Waals surface area contributed by atoms with Crippen LogP contribution >= 0.6 is 27.5 Å². The van der Waals surface area contributed by atoms with Gasteiger partial charge in [-0.15, -0.1) is 0 Å². The van der Waals surface area contributed by atoms with Crippen LogP contribution < -0.4 is 0 Å². The number of alkyl halides is 1. The van der Waals surface area contributed by atoms with E-state index in [1.807, 2.05) is 6.07 Å². The van der Waals surface area contributed by atoms with Crippen LogP contribution in [0.15, 0.2) is 24.3 Å². The summed E-state index contributed by atoms with van der Waals surface area (Å²) in [5, 5.41) is 0.868. The van der Waals surface area contributed by atoms with Gasteiger partial charge in [0.2, 0.25) is 0 Å². The normalized spacial score (nSPS) is 40.0. The minimum Gasteiger partial charge on any atom is -0.0881 e. The smallest absolute Gasteiger partial charge is 0.0408 e. The molecule has 0 aromatic heterocycles. The first-order valence-electron chi connectivity index (χ1n) is 8.01. The Morgan fingerprint density at radius 3 is 2.25 bits per heavy atom. The maximum absolute atomic E-state index is 6.13. The lowest BCUT2D eigenvalue weighted by Gasteiger charge is -2.58. The quantitative estimate of drug-likeness (QED) is 0.597. The van der Waals surface area contributed by atoms with Crippen molar-refractivity contribution in [2.45, 2.75) is 49.8 Å². The van der Waals surface area contributed by atoms with Crippen LogP contribution in [0.1, 0.15) is 44.1 Å². The second kappa shape index (κ2) is 5.02. The van der Waals surface area contributed by atoms with Gasteiger partial charge < -0.3 is 0 Å². The Hall–Kier alpha value is -0.0100. The van der Waals surface area contributed by atoms with Crippen molar-refractivity contribution in [3.05, 3.63) is 34.9 Å². The lowest BCUT2D eigenvalue weighted by molar-refractivity contribution is -0.0522. The van der Waals surface area contributed by atoms with Crippen molar-refractivity contribution < 1.29 is 0 Å². The van der Waals surface area contributed by atoms with Gasteiger partial charge in [-0.05, 0) is 85.8 Å². The fraction of sp³-hybridized carbons (Fsp3) is 0.667. The molecule has 2 heteroatoms. The van der Waals surface area contributed by atoms with Crippen molar-refractivity contribution in [3.8, 4) is 0 Å². The van der Waals surface area contributed by atoms with Gasteiger partial charge in [-0.2, -0.15) is 0 Å². The number of hydrogen-bond acceptors (Lipinski definition) is 0. The number of halogens is 2. The molecule has 0 heterocycles. The Kier molecular flexibility index (Phi) is 3.42. The average molecular weight is 354 g/mol. The van der Waals surface area contributed by atoms with E-state index in [-0.39, 0.29) is 0 Å². The van der Waals surface area contributed by atoms with E-state index in [1.54, 1.807) is 0 Å². The maximum Gasteiger partial charge on any atom is 0.0408 e. The van der Waals surface area contributed by atoms with Crippen molar-refractivity contribution in [3.63, 3.8) is 0 Å². The largest absolute Gasteiger partial charge is 0.0881 e. The van der Waals surface area contributed by atoms with E-state index in [4.69, 9.17) is 11.6 Å². The molecule has 0 radical (unpaired) electrons. The molecule has 0 saturated heterocycles. The zero-order valence-corrected chi connectivity index (χ0v) is 14.2. The number of hydrogen-bond donors (Lipinski definition) is 0. The zero-order valence-electron chi connectivity index (χ0n) is 11.8. The van der Waals surface area contributed by atoms with Crippen LogP contribution in [-0.4, -0.2) is 4.83 Å². The Morgan fingerprint density at radius 1 is 1.10 bits per heavy atom. The van der Waals surface area contributed by atoms with Crippen molar-refractivity contribution in [1.29, 1.82) is 0 Å². The van der Waals surface area contributed by atoms with E-state index in [2.05, 4.69) is 34.1 Å². The van der Waals surface area contributed by atoms with Crippen LogP contribution in [0.2, 0.25) is 5.02 Å². The minimum absolute atomic E-state index is 0.580. The summed E-state index contributed by atoms with van der Waals surface area (Å²) in [7, 11) is 0. The second-order valence-electron chi connectivity index (χ2n) is 7.58. The molecule has 0 aliphatic heterocycles. The summed E-state index contributed by atoms with van der Waals surface area (Å²) in [6, 6.07) is 8.41. The van der Waals surface area contributed by atoms with E-state index in [0.29, 0.717) is 10.2 Å². The Bertz CT molecular complexity index is 475. The van der Waals surface area contributed by atoms with Crippen LogP contribution in [0, 0.1) is 23.2 Å². The van der Waals surface area contributed by atoms with Gasteiger partial charge in [0.05, 0.1) is 0 Å². The molecule has 0 N–H and O–H groups in total. The van der Waals surface area contributed by atoms with Crippen LogP contribution in [0.4, 0.5) is 0 Å². The highest BCUT2D eigenvalue weighted by Gasteiger charge is 2.53. The van der Waals surface area contributed by atoms with E-state index in [9.17, 15) is 0 Å². The molecular formula is C18H22BrCl. The molecule has 4 bridgehead atoms. The fourth-order valence-electron chi connectivity index (χ4n) is 5.65. The van der Waals surface area contributed by atoms with Crippen molar-refractivity contribution in [2.75, 3.05) is 0 Å². The summed E-state index contributed by atoms with van der Waals surface area (Å²) >= 11 is 10.2. The number of benzene rings is 1. The van der Waals surface area contributed by atoms with Gasteiger partial charge >= 0.3 is 0 Å². The Labute approximate surface area is 135 Å². The van der Waals surface area contributed by atoms with Crippen LogP contribution in [0.25, 0.3) is 0 Å². The first-order chi connectivity index (χ1) is 9.63. The average Bonchev–Trinajstić information content (AvgIpc) is 2.37. The monoisotopic (exact) mass is 352 g/mol. The molecule has 4 fully saturated rings. The topological polar surface area (TPSA) is 0 Å². The highest BCUT2D eigenvalue weighted by atomic mass is 79.9. The molecule has 0 spiro atoms. The first-order valence-corrected chi connectivity index (χ1v) is 9.31. The summed E-state index contributed by atoms with van der Waals surface area (Å²) in [6.07, 6.45) is 10.1. The Balaban J connectivity index is 1.54. The van der Waals surface area contributed by atoms with E-state index in [0.717, 1.165) is 29.2 Å². The van der Waals surface area contributed by atoms with Gasteiger partial charge in [-0.25, -0.2) is 0 Å². The molecular weight excluding hydrogens is 332 g/mol. The Morgan fingerprint density at radius 2 is 1.70 bits per heavy atom. The summed E-state index contributed by atoms with van der Waals surface area (Å²) < 4.78 is 0. The van der Waals surface area contributed by atoms with Crippen molar-refractivity contribution >= 4 is 27.5 Å². The van der Waals surface area contributed by atoms with Crippen LogP contribution in [-0.2, 0) is 6.42 Å². The van der Waals surface area contributed by atoms with Crippen molar-refractivity contribution in [2.24, 2.45) is 23.2 Å². The molecule has 4 saturated carbocycles. The van der Waals surface area contributed by atoms with E-state index >= 15 is 0 Å². The van der Waals surface area contributed by atoms with E-state index in [1.165, 1.54) is 44.1 Å². The molecule has 1 aromatic rings. The zero-order chi connectivity index (χ0) is 13.7. The predicted molar refractivity (Wildman–Crippen MR) is 88.5 cm³/mol. The van der Waals surface area contributed by atoms with Gasteiger partial charge in [-0.3, -0.25) is 0 Å². The molecule has 108 valence electrons. The number of rotatable bonds is 3. The lowest BCUT2D eigenvalue weighted by atomic mass is 9.48. The van der Waals surface area contributed by atoms with Crippen LogP contribution in [0.3, 0.4) is 0 Å². The molecule has 4 aliphatic carbocycles. The molecule has 20 heavy (non-hydrogen) atoms. The summed E-state index contributed by atoms with van der Waals surface area (Å²) in [5.41, 5.74) is 1.96. The third-order valence-electron chi connectivity index (χ3n) is 6.05. The maximum atomic E-state index is 6.13. The van der Waals surface area contributed by atoms with Gasteiger partial charge in [0.15, 0.2) is 0 Å². The molecule has 5 rings (SSSR count). The van der Waals surface area contributed by atoms with Gasteiger partial charge in [0, 0.05) is 9.85 Å². The molecule has 0 amide bonds. The SMILES string of the molecule is Clc1cccc(CC(Br)C23CC4CC(CC(C4)C2)C3)c1. The summed E-state index contributed by atoms with van der Waals surface area (Å²) in [4.78, 5) is 0.627.